The number of ether oxygens (including phenoxy) is 1. The first-order valence-corrected chi connectivity index (χ1v) is 10.3. The van der Waals surface area contributed by atoms with Crippen molar-refractivity contribution in [2.24, 2.45) is 5.10 Å². The third-order valence-electron chi connectivity index (χ3n) is 5.24. The van der Waals surface area contributed by atoms with E-state index < -0.39 is 5.91 Å². The van der Waals surface area contributed by atoms with Crippen molar-refractivity contribution in [2.45, 2.75) is 27.7 Å². The second kappa shape index (κ2) is 9.95. The summed E-state index contributed by atoms with van der Waals surface area (Å²) in [6.45, 7) is 7.18. The molecule has 0 atom stereocenters. The Labute approximate surface area is 192 Å². The van der Waals surface area contributed by atoms with Crippen LogP contribution >= 0.6 is 0 Å². The van der Waals surface area contributed by atoms with Gasteiger partial charge in [0, 0.05) is 40.8 Å². The standard InChI is InChI=1S/C25H26N4O4/c1-15-12-20(14-26-28-24(31)19-8-6-9-21(13-19)27-18(4)30)17(3)29(15)23-11-7-10-22(16(23)2)25(32)33-5/h6-14H,1-5H3,(H,27,30)(H,28,31). The van der Waals surface area contributed by atoms with E-state index in [9.17, 15) is 14.4 Å². The zero-order valence-electron chi connectivity index (χ0n) is 19.2. The van der Waals surface area contributed by atoms with Gasteiger partial charge in [-0.1, -0.05) is 12.1 Å². The number of aryl methyl sites for hydroxylation is 1. The van der Waals surface area contributed by atoms with Crippen molar-refractivity contribution in [3.63, 3.8) is 0 Å². The van der Waals surface area contributed by atoms with Crippen LogP contribution in [0.5, 0.6) is 0 Å². The van der Waals surface area contributed by atoms with Crippen LogP contribution in [0.4, 0.5) is 5.69 Å². The number of amides is 2. The number of hydrazone groups is 1. The molecular weight excluding hydrogens is 420 g/mol. The fourth-order valence-corrected chi connectivity index (χ4v) is 3.65. The summed E-state index contributed by atoms with van der Waals surface area (Å²) < 4.78 is 6.91. The highest BCUT2D eigenvalue weighted by atomic mass is 16.5. The van der Waals surface area contributed by atoms with Crippen LogP contribution in [0.2, 0.25) is 0 Å². The van der Waals surface area contributed by atoms with Gasteiger partial charge in [0.1, 0.15) is 0 Å². The number of methoxy groups -OCH3 is 1. The van der Waals surface area contributed by atoms with E-state index in [-0.39, 0.29) is 11.9 Å². The van der Waals surface area contributed by atoms with E-state index in [4.69, 9.17) is 4.74 Å². The van der Waals surface area contributed by atoms with Crippen LogP contribution in [0.15, 0.2) is 53.6 Å². The summed E-state index contributed by atoms with van der Waals surface area (Å²) in [5.41, 5.74) is 8.28. The van der Waals surface area contributed by atoms with E-state index in [2.05, 4.69) is 15.8 Å². The van der Waals surface area contributed by atoms with E-state index >= 15 is 0 Å². The van der Waals surface area contributed by atoms with Gasteiger partial charge in [0.25, 0.3) is 5.91 Å². The quantitative estimate of drug-likeness (QED) is 0.340. The zero-order chi connectivity index (χ0) is 24.1. The lowest BCUT2D eigenvalue weighted by molar-refractivity contribution is -0.114. The number of aromatic nitrogens is 1. The van der Waals surface area contributed by atoms with E-state index in [1.807, 2.05) is 43.5 Å². The molecule has 0 fully saturated rings. The van der Waals surface area contributed by atoms with Gasteiger partial charge in [-0.25, -0.2) is 10.2 Å². The summed E-state index contributed by atoms with van der Waals surface area (Å²) in [5, 5.41) is 6.74. The second-order valence-electron chi connectivity index (χ2n) is 7.56. The van der Waals surface area contributed by atoms with Crippen LogP contribution in [-0.2, 0) is 9.53 Å². The topological polar surface area (TPSA) is 102 Å². The number of anilines is 1. The lowest BCUT2D eigenvalue weighted by Gasteiger charge is -2.15. The lowest BCUT2D eigenvalue weighted by atomic mass is 10.1. The molecule has 0 saturated heterocycles. The average molecular weight is 447 g/mol. The number of benzene rings is 2. The normalized spacial score (nSPS) is 10.8. The van der Waals surface area contributed by atoms with Gasteiger partial charge >= 0.3 is 5.97 Å². The van der Waals surface area contributed by atoms with Gasteiger partial charge in [-0.05, 0) is 62.7 Å². The molecule has 2 amide bonds. The van der Waals surface area contributed by atoms with Crippen molar-refractivity contribution in [3.05, 3.63) is 82.2 Å². The number of carbonyl (C=O) groups is 3. The molecule has 2 N–H and O–H groups in total. The third-order valence-corrected chi connectivity index (χ3v) is 5.24. The maximum atomic E-state index is 12.4. The molecule has 0 bridgehead atoms. The molecule has 0 unspecified atom stereocenters. The summed E-state index contributed by atoms with van der Waals surface area (Å²) in [4.78, 5) is 35.7. The zero-order valence-corrected chi connectivity index (χ0v) is 19.2. The van der Waals surface area contributed by atoms with Gasteiger partial charge in [-0.15, -0.1) is 0 Å². The molecule has 0 saturated carbocycles. The van der Waals surface area contributed by atoms with Gasteiger partial charge in [0.05, 0.1) is 18.9 Å². The Bertz CT molecular complexity index is 1260. The van der Waals surface area contributed by atoms with Gasteiger partial charge in [-0.2, -0.15) is 5.10 Å². The molecule has 33 heavy (non-hydrogen) atoms. The molecule has 8 nitrogen and oxygen atoms in total. The van der Waals surface area contributed by atoms with Crippen molar-refractivity contribution in [1.82, 2.24) is 9.99 Å². The first-order valence-electron chi connectivity index (χ1n) is 10.3. The number of carbonyl (C=O) groups excluding carboxylic acids is 3. The molecule has 1 aromatic heterocycles. The summed E-state index contributed by atoms with van der Waals surface area (Å²) in [7, 11) is 1.36. The third kappa shape index (κ3) is 5.17. The first kappa shape index (κ1) is 23.5. The summed E-state index contributed by atoms with van der Waals surface area (Å²) in [5.74, 6) is -0.994. The van der Waals surface area contributed by atoms with Crippen molar-refractivity contribution in [2.75, 3.05) is 12.4 Å². The first-order chi connectivity index (χ1) is 15.7. The Hall–Kier alpha value is -4.20. The lowest BCUT2D eigenvalue weighted by Crippen LogP contribution is -2.18. The van der Waals surface area contributed by atoms with Crippen LogP contribution in [0.3, 0.4) is 0 Å². The molecule has 0 radical (unpaired) electrons. The molecule has 3 rings (SSSR count). The molecular formula is C25H26N4O4. The Kier molecular flexibility index (Phi) is 7.07. The summed E-state index contributed by atoms with van der Waals surface area (Å²) in [6.07, 6.45) is 1.58. The van der Waals surface area contributed by atoms with Crippen molar-refractivity contribution in [3.8, 4) is 5.69 Å². The largest absolute Gasteiger partial charge is 0.465 e. The fourth-order valence-electron chi connectivity index (χ4n) is 3.65. The number of rotatable bonds is 6. The fraction of sp³-hybridized carbons (Fsp3) is 0.200. The van der Waals surface area contributed by atoms with Crippen LogP contribution in [0, 0.1) is 20.8 Å². The smallest absolute Gasteiger partial charge is 0.338 e. The average Bonchev–Trinajstić information content (AvgIpc) is 3.06. The highest BCUT2D eigenvalue weighted by Crippen LogP contribution is 2.25. The highest BCUT2D eigenvalue weighted by Gasteiger charge is 2.16. The SMILES string of the molecule is COC(=O)c1cccc(-n2c(C)cc(C=NNC(=O)c3cccc(NC(C)=O)c3)c2C)c1C. The summed E-state index contributed by atoms with van der Waals surface area (Å²) in [6, 6.07) is 14.0. The number of esters is 1. The van der Waals surface area contributed by atoms with E-state index in [1.54, 1.807) is 36.5 Å². The van der Waals surface area contributed by atoms with Crippen LogP contribution in [-0.4, -0.2) is 35.7 Å². The van der Waals surface area contributed by atoms with E-state index in [1.165, 1.54) is 14.0 Å². The molecule has 0 aliphatic carbocycles. The predicted molar refractivity (Wildman–Crippen MR) is 127 cm³/mol. The molecule has 8 heteroatoms. The molecule has 3 aromatic rings. The van der Waals surface area contributed by atoms with Crippen molar-refractivity contribution in [1.29, 1.82) is 0 Å². The van der Waals surface area contributed by atoms with E-state index in [0.29, 0.717) is 16.8 Å². The minimum atomic E-state index is -0.395. The minimum absolute atomic E-state index is 0.215. The van der Waals surface area contributed by atoms with Gasteiger partial charge in [0.15, 0.2) is 0 Å². The molecule has 0 spiro atoms. The minimum Gasteiger partial charge on any atom is -0.465 e. The van der Waals surface area contributed by atoms with Crippen molar-refractivity contribution >= 4 is 29.7 Å². The number of nitrogens with one attached hydrogen (secondary N) is 2. The monoisotopic (exact) mass is 446 g/mol. The number of nitrogens with zero attached hydrogens (tertiary/aromatic N) is 2. The second-order valence-corrected chi connectivity index (χ2v) is 7.56. The van der Waals surface area contributed by atoms with E-state index in [0.717, 1.165) is 28.2 Å². The Balaban J connectivity index is 1.82. The number of hydrogen-bond donors (Lipinski definition) is 2. The Morgan fingerprint density at radius 2 is 1.76 bits per heavy atom. The van der Waals surface area contributed by atoms with Crippen molar-refractivity contribution < 1.29 is 19.1 Å². The Morgan fingerprint density at radius 1 is 1.03 bits per heavy atom. The van der Waals surface area contributed by atoms with Gasteiger partial charge in [-0.3, -0.25) is 9.59 Å². The van der Waals surface area contributed by atoms with Crippen LogP contribution in [0.25, 0.3) is 5.69 Å². The molecule has 170 valence electrons. The van der Waals surface area contributed by atoms with Gasteiger partial charge < -0.3 is 14.6 Å². The predicted octanol–water partition coefficient (Wildman–Crippen LogP) is 3.91. The molecule has 1 heterocycles. The van der Waals surface area contributed by atoms with Gasteiger partial charge in [0.2, 0.25) is 5.91 Å². The highest BCUT2D eigenvalue weighted by molar-refractivity contribution is 5.97. The maximum absolute atomic E-state index is 12.4. The maximum Gasteiger partial charge on any atom is 0.338 e. The molecule has 0 aliphatic heterocycles. The summed E-state index contributed by atoms with van der Waals surface area (Å²) >= 11 is 0. The number of hydrogen-bond acceptors (Lipinski definition) is 5. The van der Waals surface area contributed by atoms with Crippen LogP contribution < -0.4 is 10.7 Å². The molecule has 0 aliphatic rings. The van der Waals surface area contributed by atoms with Crippen LogP contribution in [0.1, 0.15) is 50.2 Å². The Morgan fingerprint density at radius 3 is 2.45 bits per heavy atom. The molecule has 2 aromatic carbocycles.